The molecule has 1 amide bonds. The van der Waals surface area contributed by atoms with Crippen LogP contribution in [0.4, 0.5) is 22.0 Å². The van der Waals surface area contributed by atoms with Gasteiger partial charge in [0.1, 0.15) is 11.4 Å². The summed E-state index contributed by atoms with van der Waals surface area (Å²) in [4.78, 5) is 34.9. The number of amides is 1. The largest absolute Gasteiger partial charge is 0.438 e. The van der Waals surface area contributed by atoms with E-state index in [0.717, 1.165) is 25.1 Å². The van der Waals surface area contributed by atoms with Gasteiger partial charge >= 0.3 is 6.18 Å². The molecule has 0 atom stereocenters. The number of pyridine rings is 3. The molecule has 0 saturated carbocycles. The molecule has 0 spiro atoms. The highest BCUT2D eigenvalue weighted by molar-refractivity contribution is 6.03. The normalized spacial score (nSPS) is 11.6. The number of hydrogen-bond donors (Lipinski definition) is 2. The molecule has 0 aliphatic carbocycles. The third-order valence-corrected chi connectivity index (χ3v) is 5.35. The first-order valence-electron chi connectivity index (χ1n) is 9.91. The summed E-state index contributed by atoms with van der Waals surface area (Å²) in [5, 5.41) is -0.153. The van der Waals surface area contributed by atoms with E-state index >= 15 is 0 Å². The number of carbonyl (C=O) groups excluding carboxylic acids is 1. The van der Waals surface area contributed by atoms with E-state index in [9.17, 15) is 31.5 Å². The molecule has 3 heterocycles. The van der Waals surface area contributed by atoms with Crippen molar-refractivity contribution in [3.8, 4) is 22.9 Å². The van der Waals surface area contributed by atoms with Crippen LogP contribution in [-0.4, -0.2) is 20.9 Å². The predicted molar refractivity (Wildman–Crippen MR) is 115 cm³/mol. The average Bonchev–Trinajstić information content (AvgIpc) is 2.78. The van der Waals surface area contributed by atoms with Crippen molar-refractivity contribution in [3.63, 3.8) is 0 Å². The molecule has 1 aromatic carbocycles. The number of rotatable bonds is 4. The minimum Gasteiger partial charge on any atom is -0.438 e. The first-order chi connectivity index (χ1) is 16.4. The second-order valence-electron chi connectivity index (χ2n) is 7.55. The van der Waals surface area contributed by atoms with E-state index in [1.807, 2.05) is 0 Å². The van der Waals surface area contributed by atoms with Crippen LogP contribution in [0.2, 0.25) is 0 Å². The summed E-state index contributed by atoms with van der Waals surface area (Å²) in [5.74, 6) is -3.89. The second-order valence-corrected chi connectivity index (χ2v) is 7.55. The van der Waals surface area contributed by atoms with E-state index in [-0.39, 0.29) is 44.7 Å². The summed E-state index contributed by atoms with van der Waals surface area (Å²) in [7, 11) is 0. The Labute approximate surface area is 193 Å². The molecule has 7 nitrogen and oxygen atoms in total. The number of nitrogens with one attached hydrogen (secondary N) is 1. The fourth-order valence-corrected chi connectivity index (χ4v) is 3.63. The summed E-state index contributed by atoms with van der Waals surface area (Å²) in [6, 6.07) is 4.18. The maximum atomic E-state index is 14.0. The topological polar surface area (TPSA) is 111 Å². The monoisotopic (exact) mass is 490 g/mol. The smallest absolute Gasteiger partial charge is 0.418 e. The van der Waals surface area contributed by atoms with Gasteiger partial charge in [-0.15, -0.1) is 0 Å². The number of hydrogen-bond acceptors (Lipinski definition) is 5. The number of alkyl halides is 3. The number of aromatic amines is 1. The van der Waals surface area contributed by atoms with Gasteiger partial charge in [-0.25, -0.2) is 13.8 Å². The van der Waals surface area contributed by atoms with Crippen LogP contribution in [0.5, 0.6) is 11.6 Å². The third kappa shape index (κ3) is 4.18. The standard InChI is InChI=1S/C23H15F5N4O3/c1-9-11(23(26,27)28)8-31-22(35-16-4-3-12(24)19(25)10(16)2)17(9)14-7-15(33)18-13(32-14)5-6-30-20(18)21(29)34/h3-8H,1-2H3,(H2,29,34)(H,32,33). The molecular formula is C23H15F5N4O3. The van der Waals surface area contributed by atoms with Crippen LogP contribution in [0.1, 0.15) is 27.2 Å². The van der Waals surface area contributed by atoms with Gasteiger partial charge < -0.3 is 15.5 Å². The number of aromatic nitrogens is 3. The Morgan fingerprint density at radius 3 is 2.46 bits per heavy atom. The van der Waals surface area contributed by atoms with Gasteiger partial charge in [-0.2, -0.15) is 13.2 Å². The van der Waals surface area contributed by atoms with Crippen molar-refractivity contribution in [2.75, 3.05) is 0 Å². The van der Waals surface area contributed by atoms with Crippen molar-refractivity contribution < 1.29 is 31.5 Å². The first kappa shape index (κ1) is 23.8. The average molecular weight is 490 g/mol. The van der Waals surface area contributed by atoms with Crippen LogP contribution >= 0.6 is 0 Å². The van der Waals surface area contributed by atoms with Gasteiger partial charge in [-0.1, -0.05) is 0 Å². The molecule has 0 bridgehead atoms. The highest BCUT2D eigenvalue weighted by Crippen LogP contribution is 2.41. The Morgan fingerprint density at radius 2 is 1.80 bits per heavy atom. The van der Waals surface area contributed by atoms with Crippen LogP contribution in [0.15, 0.2) is 41.5 Å². The number of ether oxygens (including phenoxy) is 1. The fourth-order valence-electron chi connectivity index (χ4n) is 3.63. The summed E-state index contributed by atoms with van der Waals surface area (Å²) in [5.41, 5.74) is 2.22. The summed E-state index contributed by atoms with van der Waals surface area (Å²) < 4.78 is 74.1. The van der Waals surface area contributed by atoms with Crippen molar-refractivity contribution in [2.24, 2.45) is 5.73 Å². The lowest BCUT2D eigenvalue weighted by molar-refractivity contribution is -0.138. The van der Waals surface area contributed by atoms with Gasteiger partial charge in [0.2, 0.25) is 5.88 Å². The maximum absolute atomic E-state index is 14.0. The second kappa shape index (κ2) is 8.46. The minimum absolute atomic E-state index is 0.0723. The molecule has 180 valence electrons. The number of carbonyl (C=O) groups is 1. The molecule has 0 saturated heterocycles. The van der Waals surface area contributed by atoms with Gasteiger partial charge in [0.15, 0.2) is 17.1 Å². The molecule has 12 heteroatoms. The molecule has 0 radical (unpaired) electrons. The third-order valence-electron chi connectivity index (χ3n) is 5.35. The SMILES string of the molecule is Cc1c(Oc2ncc(C(F)(F)F)c(C)c2-c2cc(=O)c3c(C(N)=O)nccc3[nH]2)ccc(F)c1F. The first-order valence-corrected chi connectivity index (χ1v) is 9.91. The summed E-state index contributed by atoms with van der Waals surface area (Å²) >= 11 is 0. The van der Waals surface area contributed by atoms with Crippen molar-refractivity contribution in [1.82, 2.24) is 15.0 Å². The van der Waals surface area contributed by atoms with Gasteiger partial charge in [0.25, 0.3) is 5.91 Å². The van der Waals surface area contributed by atoms with Crippen LogP contribution in [0.25, 0.3) is 22.2 Å². The number of fused-ring (bicyclic) bond motifs is 1. The molecular weight excluding hydrogens is 475 g/mol. The highest BCUT2D eigenvalue weighted by Gasteiger charge is 2.35. The van der Waals surface area contributed by atoms with Crippen molar-refractivity contribution in [1.29, 1.82) is 0 Å². The van der Waals surface area contributed by atoms with Crippen molar-refractivity contribution in [2.45, 2.75) is 20.0 Å². The van der Waals surface area contributed by atoms with Crippen LogP contribution < -0.4 is 15.9 Å². The minimum atomic E-state index is -4.79. The summed E-state index contributed by atoms with van der Waals surface area (Å²) in [6.07, 6.45) is -3.05. The van der Waals surface area contributed by atoms with E-state index < -0.39 is 40.6 Å². The molecule has 0 aliphatic heterocycles. The lowest BCUT2D eigenvalue weighted by atomic mass is 10.0. The molecule has 0 unspecified atom stereocenters. The number of H-pyrrole nitrogens is 1. The highest BCUT2D eigenvalue weighted by atomic mass is 19.4. The van der Waals surface area contributed by atoms with Gasteiger partial charge in [0, 0.05) is 24.0 Å². The van der Waals surface area contributed by atoms with E-state index in [4.69, 9.17) is 10.5 Å². The van der Waals surface area contributed by atoms with Crippen LogP contribution in [-0.2, 0) is 6.18 Å². The number of benzene rings is 1. The van der Waals surface area contributed by atoms with E-state index in [1.165, 1.54) is 19.2 Å². The number of nitrogens with zero attached hydrogens (tertiary/aromatic N) is 2. The van der Waals surface area contributed by atoms with E-state index in [2.05, 4.69) is 15.0 Å². The molecule has 0 aliphatic rings. The molecule has 3 N–H and O–H groups in total. The zero-order chi connectivity index (χ0) is 25.7. The lowest BCUT2D eigenvalue weighted by Crippen LogP contribution is -2.18. The van der Waals surface area contributed by atoms with Crippen LogP contribution in [0.3, 0.4) is 0 Å². The molecule has 4 rings (SSSR count). The number of primary amides is 1. The van der Waals surface area contributed by atoms with Crippen molar-refractivity contribution in [3.05, 3.63) is 80.9 Å². The molecule has 0 fully saturated rings. The van der Waals surface area contributed by atoms with Crippen molar-refractivity contribution >= 4 is 16.8 Å². The van der Waals surface area contributed by atoms with Gasteiger partial charge in [0.05, 0.1) is 27.7 Å². The number of nitrogens with two attached hydrogens (primary N) is 1. The Morgan fingerprint density at radius 1 is 1.09 bits per heavy atom. The maximum Gasteiger partial charge on any atom is 0.418 e. The number of halogens is 5. The van der Waals surface area contributed by atoms with Gasteiger partial charge in [-0.3, -0.25) is 14.6 Å². The Bertz CT molecular complexity index is 1560. The van der Waals surface area contributed by atoms with E-state index in [1.54, 1.807) is 0 Å². The quantitative estimate of drug-likeness (QED) is 0.400. The zero-order valence-electron chi connectivity index (χ0n) is 18.1. The fraction of sp³-hybridized carbons (Fsp3) is 0.130. The Balaban J connectivity index is 2.00. The zero-order valence-corrected chi connectivity index (χ0v) is 18.1. The molecule has 4 aromatic rings. The lowest BCUT2D eigenvalue weighted by Gasteiger charge is -2.18. The summed E-state index contributed by atoms with van der Waals surface area (Å²) in [6.45, 7) is 2.37. The predicted octanol–water partition coefficient (Wildman–Crippen LogP) is 4.79. The van der Waals surface area contributed by atoms with E-state index in [0.29, 0.717) is 6.20 Å². The molecule has 3 aromatic heterocycles. The Hall–Kier alpha value is -4.35. The van der Waals surface area contributed by atoms with Gasteiger partial charge in [-0.05, 0) is 37.6 Å². The van der Waals surface area contributed by atoms with Crippen LogP contribution in [0, 0.1) is 25.5 Å². The Kier molecular flexibility index (Phi) is 5.75. The molecule has 35 heavy (non-hydrogen) atoms.